The van der Waals surface area contributed by atoms with Crippen molar-refractivity contribution in [1.82, 2.24) is 14.7 Å². The Hall–Kier alpha value is -0.120. The summed E-state index contributed by atoms with van der Waals surface area (Å²) in [4.78, 5) is 7.35. The average Bonchev–Trinajstić information content (AvgIpc) is 2.40. The minimum Gasteiger partial charge on any atom is -0.306 e. The summed E-state index contributed by atoms with van der Waals surface area (Å²) in [5, 5.41) is 0. The Morgan fingerprint density at radius 3 is 1.55 bits per heavy atom. The van der Waals surface area contributed by atoms with Gasteiger partial charge in [0.1, 0.15) is 0 Å². The number of hydrogen-bond acceptors (Lipinski definition) is 3. The van der Waals surface area contributed by atoms with Crippen LogP contribution in [0.25, 0.3) is 0 Å². The number of hydrogen-bond donors (Lipinski definition) is 0. The topological polar surface area (TPSA) is 9.72 Å². The Morgan fingerprint density at radius 1 is 0.700 bits per heavy atom. The van der Waals surface area contributed by atoms with E-state index < -0.39 is 0 Å². The second kappa shape index (κ2) is 9.01. The molecule has 0 aliphatic carbocycles. The third-order valence-electron chi connectivity index (χ3n) is 4.97. The molecule has 2 rings (SSSR count). The third kappa shape index (κ3) is 6.55. The molecular formula is C17H37N3. The van der Waals surface area contributed by atoms with E-state index in [0.717, 1.165) is 17.9 Å². The molecule has 0 radical (unpaired) electrons. The van der Waals surface area contributed by atoms with Crippen LogP contribution in [0.15, 0.2) is 0 Å². The lowest BCUT2D eigenvalue weighted by molar-refractivity contribution is 0.126. The molecule has 0 atom stereocenters. The van der Waals surface area contributed by atoms with Crippen LogP contribution in [-0.4, -0.2) is 74.1 Å². The summed E-state index contributed by atoms with van der Waals surface area (Å²) in [5.41, 5.74) is 0. The van der Waals surface area contributed by atoms with Crippen molar-refractivity contribution in [3.63, 3.8) is 0 Å². The van der Waals surface area contributed by atoms with Crippen molar-refractivity contribution in [2.45, 2.75) is 46.6 Å². The van der Waals surface area contributed by atoms with Gasteiger partial charge in [0.25, 0.3) is 0 Å². The van der Waals surface area contributed by atoms with E-state index >= 15 is 0 Å². The fraction of sp³-hybridized carbons (Fsp3) is 1.00. The molecule has 20 heavy (non-hydrogen) atoms. The van der Waals surface area contributed by atoms with E-state index in [2.05, 4.69) is 56.5 Å². The molecule has 0 spiro atoms. The molecule has 2 heterocycles. The lowest BCUT2D eigenvalue weighted by Crippen LogP contribution is -2.47. The molecule has 120 valence electrons. The van der Waals surface area contributed by atoms with E-state index in [-0.39, 0.29) is 0 Å². The van der Waals surface area contributed by atoms with Crippen molar-refractivity contribution in [1.29, 1.82) is 0 Å². The monoisotopic (exact) mass is 283 g/mol. The Morgan fingerprint density at radius 2 is 1.15 bits per heavy atom. The average molecular weight is 284 g/mol. The first-order valence-electron chi connectivity index (χ1n) is 8.51. The molecule has 2 saturated heterocycles. The molecule has 0 unspecified atom stereocenters. The Bertz CT molecular complexity index is 211. The first kappa shape index (κ1) is 17.9. The maximum absolute atomic E-state index is 2.53. The molecule has 0 amide bonds. The number of piperazine rings is 1. The molecule has 2 aliphatic rings. The molecule has 3 nitrogen and oxygen atoms in total. The van der Waals surface area contributed by atoms with Crippen LogP contribution in [0.1, 0.15) is 40.5 Å². The van der Waals surface area contributed by atoms with Crippen LogP contribution in [0.5, 0.6) is 0 Å². The van der Waals surface area contributed by atoms with Gasteiger partial charge in [0.15, 0.2) is 0 Å². The van der Waals surface area contributed by atoms with Crippen LogP contribution < -0.4 is 0 Å². The standard InChI is InChI=1S/C9H19N.C8H18N2/c1-8(2)9-4-6-10(3)7-5-9;1-8(2)10-6-4-9(3)5-7-10/h8-9H,4-7H2,1-3H3;8H,4-7H2,1-3H3. The van der Waals surface area contributed by atoms with Crippen molar-refractivity contribution < 1.29 is 0 Å². The maximum Gasteiger partial charge on any atom is 0.0112 e. The summed E-state index contributed by atoms with van der Waals surface area (Å²) in [7, 11) is 4.41. The lowest BCUT2D eigenvalue weighted by Gasteiger charge is -2.34. The van der Waals surface area contributed by atoms with Gasteiger partial charge in [-0.1, -0.05) is 13.8 Å². The molecule has 0 aromatic rings. The number of likely N-dealkylation sites (tertiary alicyclic amines) is 1. The minimum absolute atomic E-state index is 0.730. The van der Waals surface area contributed by atoms with Crippen LogP contribution in [-0.2, 0) is 0 Å². The molecule has 0 bridgehead atoms. The number of rotatable bonds is 2. The van der Waals surface area contributed by atoms with Gasteiger partial charge in [0, 0.05) is 32.2 Å². The van der Waals surface area contributed by atoms with Gasteiger partial charge >= 0.3 is 0 Å². The number of piperidine rings is 1. The summed E-state index contributed by atoms with van der Waals surface area (Å²) in [5.74, 6) is 1.89. The minimum atomic E-state index is 0.730. The highest BCUT2D eigenvalue weighted by Crippen LogP contribution is 2.23. The first-order valence-corrected chi connectivity index (χ1v) is 8.51. The smallest absolute Gasteiger partial charge is 0.0112 e. The van der Waals surface area contributed by atoms with Crippen LogP contribution in [0, 0.1) is 11.8 Å². The predicted molar refractivity (Wildman–Crippen MR) is 89.3 cm³/mol. The van der Waals surface area contributed by atoms with Gasteiger partial charge < -0.3 is 9.80 Å². The first-order chi connectivity index (χ1) is 9.40. The fourth-order valence-electron chi connectivity index (χ4n) is 3.03. The summed E-state index contributed by atoms with van der Waals surface area (Å²) in [6.07, 6.45) is 2.82. The zero-order chi connectivity index (χ0) is 15.1. The van der Waals surface area contributed by atoms with E-state index in [9.17, 15) is 0 Å². The Balaban J connectivity index is 0.000000200. The van der Waals surface area contributed by atoms with Gasteiger partial charge in [-0.3, -0.25) is 4.90 Å². The summed E-state index contributed by atoms with van der Waals surface area (Å²) in [6.45, 7) is 16.8. The number of nitrogens with zero attached hydrogens (tertiary/aromatic N) is 3. The van der Waals surface area contributed by atoms with Crippen molar-refractivity contribution in [3.8, 4) is 0 Å². The summed E-state index contributed by atoms with van der Waals surface area (Å²) in [6, 6.07) is 0.730. The number of likely N-dealkylation sites (N-methyl/N-ethyl adjacent to an activating group) is 1. The highest BCUT2D eigenvalue weighted by Gasteiger charge is 2.18. The second-order valence-electron chi connectivity index (χ2n) is 7.32. The molecule has 0 saturated carbocycles. The SMILES string of the molecule is CC(C)C1CCN(C)CC1.CC(C)N1CCN(C)CC1. The fourth-order valence-corrected chi connectivity index (χ4v) is 3.03. The van der Waals surface area contributed by atoms with Gasteiger partial charge in [-0.15, -0.1) is 0 Å². The molecule has 2 fully saturated rings. The third-order valence-corrected chi connectivity index (χ3v) is 4.97. The Labute approximate surface area is 127 Å². The highest BCUT2D eigenvalue weighted by atomic mass is 15.3. The van der Waals surface area contributed by atoms with Gasteiger partial charge in [0.2, 0.25) is 0 Å². The predicted octanol–water partition coefficient (Wildman–Crippen LogP) is 2.63. The second-order valence-corrected chi connectivity index (χ2v) is 7.32. The normalized spacial score (nSPS) is 24.0. The van der Waals surface area contributed by atoms with Crippen LogP contribution in [0.3, 0.4) is 0 Å². The van der Waals surface area contributed by atoms with E-state index in [1.165, 1.54) is 52.1 Å². The zero-order valence-corrected chi connectivity index (χ0v) is 14.7. The van der Waals surface area contributed by atoms with Crippen molar-refractivity contribution in [2.24, 2.45) is 11.8 Å². The van der Waals surface area contributed by atoms with Crippen molar-refractivity contribution >= 4 is 0 Å². The molecule has 0 aromatic heterocycles. The van der Waals surface area contributed by atoms with Crippen LogP contribution in [0.2, 0.25) is 0 Å². The highest BCUT2D eigenvalue weighted by molar-refractivity contribution is 4.72. The van der Waals surface area contributed by atoms with E-state index in [4.69, 9.17) is 0 Å². The zero-order valence-electron chi connectivity index (χ0n) is 14.7. The summed E-state index contributed by atoms with van der Waals surface area (Å²) < 4.78 is 0. The Kier molecular flexibility index (Phi) is 8.08. The quantitative estimate of drug-likeness (QED) is 0.771. The van der Waals surface area contributed by atoms with E-state index in [1.54, 1.807) is 0 Å². The largest absolute Gasteiger partial charge is 0.306 e. The van der Waals surface area contributed by atoms with Gasteiger partial charge in [-0.05, 0) is 65.7 Å². The van der Waals surface area contributed by atoms with Gasteiger partial charge in [-0.2, -0.15) is 0 Å². The van der Waals surface area contributed by atoms with Crippen molar-refractivity contribution in [3.05, 3.63) is 0 Å². The summed E-state index contributed by atoms with van der Waals surface area (Å²) >= 11 is 0. The van der Waals surface area contributed by atoms with E-state index in [1.807, 2.05) is 0 Å². The molecular weight excluding hydrogens is 246 g/mol. The van der Waals surface area contributed by atoms with Crippen molar-refractivity contribution in [2.75, 3.05) is 53.4 Å². The lowest BCUT2D eigenvalue weighted by atomic mass is 9.87. The van der Waals surface area contributed by atoms with Gasteiger partial charge in [-0.25, -0.2) is 0 Å². The van der Waals surface area contributed by atoms with Crippen LogP contribution in [0.4, 0.5) is 0 Å². The maximum atomic E-state index is 2.53. The van der Waals surface area contributed by atoms with Gasteiger partial charge in [0.05, 0.1) is 0 Å². The molecule has 0 aromatic carbocycles. The molecule has 2 aliphatic heterocycles. The molecule has 3 heteroatoms. The van der Waals surface area contributed by atoms with E-state index in [0.29, 0.717) is 0 Å². The van der Waals surface area contributed by atoms with Crippen LogP contribution >= 0.6 is 0 Å². The molecule has 0 N–H and O–H groups in total.